The molecule has 7 nitrogen and oxygen atoms in total. The van der Waals surface area contributed by atoms with E-state index in [1.807, 2.05) is 0 Å². The normalized spacial score (nSPS) is 21.8. The lowest BCUT2D eigenvalue weighted by molar-refractivity contribution is 0.122. The fourth-order valence-electron chi connectivity index (χ4n) is 4.40. The second kappa shape index (κ2) is 9.89. The van der Waals surface area contributed by atoms with Crippen molar-refractivity contribution in [2.24, 2.45) is 5.92 Å². The summed E-state index contributed by atoms with van der Waals surface area (Å²) in [6.07, 6.45) is 8.69. The molecule has 3 heterocycles. The van der Waals surface area contributed by atoms with Gasteiger partial charge in [0, 0.05) is 38.3 Å². The van der Waals surface area contributed by atoms with Crippen LogP contribution >= 0.6 is 12.2 Å². The van der Waals surface area contributed by atoms with Crippen molar-refractivity contribution in [2.45, 2.75) is 57.9 Å². The number of piperidine rings is 1. The van der Waals surface area contributed by atoms with Crippen molar-refractivity contribution in [3.63, 3.8) is 0 Å². The van der Waals surface area contributed by atoms with E-state index >= 15 is 0 Å². The van der Waals surface area contributed by atoms with Crippen LogP contribution in [0.25, 0.3) is 0 Å². The van der Waals surface area contributed by atoms with Crippen molar-refractivity contribution in [1.29, 1.82) is 0 Å². The summed E-state index contributed by atoms with van der Waals surface area (Å²) in [6, 6.07) is 2.60. The first kappa shape index (κ1) is 20.6. The maximum Gasteiger partial charge on any atom is 0.232 e. The maximum absolute atomic E-state index is 5.58. The van der Waals surface area contributed by atoms with Crippen molar-refractivity contribution in [1.82, 2.24) is 15.3 Å². The summed E-state index contributed by atoms with van der Waals surface area (Å²) in [5.74, 6) is 3.34. The minimum Gasteiger partial charge on any atom is -0.378 e. The molecule has 2 aliphatic heterocycles. The molecule has 0 spiro atoms. The molecule has 0 amide bonds. The number of thiocarbonyl (C=S) groups is 1. The van der Waals surface area contributed by atoms with Crippen LogP contribution in [0.3, 0.4) is 0 Å². The van der Waals surface area contributed by atoms with Crippen molar-refractivity contribution in [3.8, 4) is 0 Å². The summed E-state index contributed by atoms with van der Waals surface area (Å²) in [7, 11) is 0. The SMILES string of the molecule is CC1CCN(c2cc(N3CCOCC3)nc(NC(=S)NC3CCCCC3)n2)CC1. The summed E-state index contributed by atoms with van der Waals surface area (Å²) in [5.41, 5.74) is 0. The van der Waals surface area contributed by atoms with Crippen LogP contribution in [0.2, 0.25) is 0 Å². The quantitative estimate of drug-likeness (QED) is 0.723. The van der Waals surface area contributed by atoms with E-state index in [-0.39, 0.29) is 0 Å². The molecule has 0 atom stereocenters. The highest BCUT2D eigenvalue weighted by Gasteiger charge is 2.22. The molecule has 29 heavy (non-hydrogen) atoms. The van der Waals surface area contributed by atoms with Gasteiger partial charge in [-0.3, -0.25) is 0 Å². The third-order valence-corrected chi connectivity index (χ3v) is 6.53. The molecule has 0 aromatic carbocycles. The predicted octanol–water partition coefficient (Wildman–Crippen LogP) is 3.17. The van der Waals surface area contributed by atoms with Crippen molar-refractivity contribution >= 4 is 34.9 Å². The average molecular weight is 419 g/mol. The first-order chi connectivity index (χ1) is 14.2. The number of anilines is 3. The molecule has 1 aromatic rings. The van der Waals surface area contributed by atoms with E-state index in [0.29, 0.717) is 17.1 Å². The Hall–Kier alpha value is -1.67. The number of hydrogen-bond donors (Lipinski definition) is 2. The zero-order valence-corrected chi connectivity index (χ0v) is 18.3. The zero-order chi connectivity index (χ0) is 20.1. The van der Waals surface area contributed by atoms with Gasteiger partial charge in [0.25, 0.3) is 0 Å². The van der Waals surface area contributed by atoms with E-state index in [1.165, 1.54) is 44.9 Å². The lowest BCUT2D eigenvalue weighted by atomic mass is 9.96. The van der Waals surface area contributed by atoms with Crippen LogP contribution in [0, 0.1) is 5.92 Å². The Kier molecular flexibility index (Phi) is 7.02. The van der Waals surface area contributed by atoms with Crippen molar-refractivity contribution in [3.05, 3.63) is 6.07 Å². The van der Waals surface area contributed by atoms with E-state index in [2.05, 4.69) is 33.4 Å². The summed E-state index contributed by atoms with van der Waals surface area (Å²) in [5, 5.41) is 7.37. The van der Waals surface area contributed by atoms with Gasteiger partial charge in [-0.25, -0.2) is 0 Å². The Morgan fingerprint density at radius 2 is 1.59 bits per heavy atom. The second-order valence-corrected chi connectivity index (χ2v) is 9.02. The average Bonchev–Trinajstić information content (AvgIpc) is 2.75. The van der Waals surface area contributed by atoms with Crippen LogP contribution in [0.4, 0.5) is 17.6 Å². The van der Waals surface area contributed by atoms with Gasteiger partial charge in [-0.1, -0.05) is 26.2 Å². The smallest absolute Gasteiger partial charge is 0.232 e. The van der Waals surface area contributed by atoms with Crippen LogP contribution in [0.5, 0.6) is 0 Å². The maximum atomic E-state index is 5.58. The molecule has 0 bridgehead atoms. The minimum atomic E-state index is 0.467. The number of aromatic nitrogens is 2. The summed E-state index contributed by atoms with van der Waals surface area (Å²) >= 11 is 5.58. The number of ether oxygens (including phenoxy) is 1. The van der Waals surface area contributed by atoms with E-state index in [9.17, 15) is 0 Å². The van der Waals surface area contributed by atoms with E-state index in [4.69, 9.17) is 26.9 Å². The molecule has 3 aliphatic rings. The highest BCUT2D eigenvalue weighted by Crippen LogP contribution is 2.26. The Morgan fingerprint density at radius 1 is 0.966 bits per heavy atom. The van der Waals surface area contributed by atoms with Gasteiger partial charge < -0.3 is 25.2 Å². The molecular formula is C21H34N6OS. The molecular weight excluding hydrogens is 384 g/mol. The molecule has 1 aromatic heterocycles. The van der Waals surface area contributed by atoms with Gasteiger partial charge in [-0.05, 0) is 43.8 Å². The molecule has 8 heteroatoms. The van der Waals surface area contributed by atoms with Crippen LogP contribution in [0.15, 0.2) is 6.07 Å². The summed E-state index contributed by atoms with van der Waals surface area (Å²) in [4.78, 5) is 14.3. The third-order valence-electron chi connectivity index (χ3n) is 6.31. The van der Waals surface area contributed by atoms with Gasteiger partial charge in [0.05, 0.1) is 13.2 Å². The molecule has 1 saturated carbocycles. The fourth-order valence-corrected chi connectivity index (χ4v) is 4.66. The molecule has 4 rings (SSSR count). The van der Waals surface area contributed by atoms with Gasteiger partial charge in [-0.2, -0.15) is 9.97 Å². The van der Waals surface area contributed by atoms with Crippen molar-refractivity contribution < 1.29 is 4.74 Å². The second-order valence-electron chi connectivity index (χ2n) is 8.61. The number of rotatable bonds is 4. The van der Waals surface area contributed by atoms with Crippen LogP contribution in [0.1, 0.15) is 51.9 Å². The van der Waals surface area contributed by atoms with Crippen molar-refractivity contribution in [2.75, 3.05) is 54.5 Å². The van der Waals surface area contributed by atoms with E-state index < -0.39 is 0 Å². The molecule has 3 fully saturated rings. The monoisotopic (exact) mass is 418 g/mol. The molecule has 0 radical (unpaired) electrons. The van der Waals surface area contributed by atoms with Gasteiger partial charge >= 0.3 is 0 Å². The topological polar surface area (TPSA) is 65.6 Å². The van der Waals surface area contributed by atoms with Gasteiger partial charge in [-0.15, -0.1) is 0 Å². The first-order valence-electron chi connectivity index (χ1n) is 11.2. The van der Waals surface area contributed by atoms with Gasteiger partial charge in [0.2, 0.25) is 5.95 Å². The van der Waals surface area contributed by atoms with Gasteiger partial charge in [0.1, 0.15) is 11.6 Å². The zero-order valence-electron chi connectivity index (χ0n) is 17.5. The number of nitrogens with one attached hydrogen (secondary N) is 2. The Bertz CT molecular complexity index is 682. The Labute approximate surface area is 179 Å². The molecule has 160 valence electrons. The largest absolute Gasteiger partial charge is 0.378 e. The molecule has 2 N–H and O–H groups in total. The van der Waals surface area contributed by atoms with E-state index in [0.717, 1.165) is 56.9 Å². The predicted molar refractivity (Wildman–Crippen MR) is 122 cm³/mol. The molecule has 1 aliphatic carbocycles. The minimum absolute atomic E-state index is 0.467. The van der Waals surface area contributed by atoms with Crippen LogP contribution in [-0.4, -0.2) is 60.5 Å². The Morgan fingerprint density at radius 3 is 2.24 bits per heavy atom. The Balaban J connectivity index is 1.49. The third kappa shape index (κ3) is 5.69. The highest BCUT2D eigenvalue weighted by molar-refractivity contribution is 7.80. The van der Waals surface area contributed by atoms with Crippen LogP contribution in [-0.2, 0) is 4.74 Å². The number of nitrogens with zero attached hydrogens (tertiary/aromatic N) is 4. The standard InChI is InChI=1S/C21H34N6OS/c1-16-7-9-26(10-8-16)18-15-19(27-11-13-28-14-12-27)24-20(23-18)25-21(29)22-17-5-3-2-4-6-17/h15-17H,2-14H2,1H3,(H2,22,23,24,25,29). The lowest BCUT2D eigenvalue weighted by Crippen LogP contribution is -2.40. The summed E-state index contributed by atoms with van der Waals surface area (Å²) < 4.78 is 5.52. The molecule has 0 unspecified atom stereocenters. The van der Waals surface area contributed by atoms with Crippen LogP contribution < -0.4 is 20.4 Å². The first-order valence-corrected chi connectivity index (χ1v) is 11.6. The fraction of sp³-hybridized carbons (Fsp3) is 0.762. The lowest BCUT2D eigenvalue weighted by Gasteiger charge is -2.33. The number of morpholine rings is 1. The van der Waals surface area contributed by atoms with E-state index in [1.54, 1.807) is 0 Å². The highest BCUT2D eigenvalue weighted by atomic mass is 32.1. The molecule has 2 saturated heterocycles. The summed E-state index contributed by atoms with van der Waals surface area (Å²) in [6.45, 7) is 7.63. The van der Waals surface area contributed by atoms with Gasteiger partial charge in [0.15, 0.2) is 5.11 Å². The number of hydrogen-bond acceptors (Lipinski definition) is 6.